The van der Waals surface area contributed by atoms with Crippen LogP contribution >= 0.6 is 34.8 Å². The predicted octanol–water partition coefficient (Wildman–Crippen LogP) is 17.4. The standard InChI is InChI=1S/C23H24ClFN2O2.C23H25ClN2O2.C22H24ClN3O2/c1-14(2)23-21(25)10-17(13-27-23)22(28)9-15-3-6-18(7-4-15)29-19-8-5-16(12-26)20(24)11-19;1-15(2)18-6-10-22(26-14-18)23(27)11-16-3-7-19(8-4-16)28-20-9-5-17(13-25)21(24)12-20;1-14(2)20-9-10-21(26-25-20)22(27)11-15-3-6-17(7-4-15)28-18-8-5-16(13-24)19(23)12-18/h5,8,10-11,13-15,18H,3-4,6-7,9H2,1-2H3;5-6,9-10,12,14-16,19H,3-4,7-8,11H2,1-2H3;5,8-10,12,14-15,17H,3-4,6-7,11H2,1-2H3. The Balaban J connectivity index is 0.000000183. The van der Waals surface area contributed by atoms with Gasteiger partial charge in [0.25, 0.3) is 0 Å². The Kier molecular flexibility index (Phi) is 24.4. The van der Waals surface area contributed by atoms with E-state index in [0.717, 1.165) is 88.3 Å². The van der Waals surface area contributed by atoms with Crippen molar-refractivity contribution in [2.45, 2.75) is 174 Å². The highest BCUT2D eigenvalue weighted by atomic mass is 35.5. The van der Waals surface area contributed by atoms with Crippen LogP contribution in [-0.2, 0) is 0 Å². The third-order valence-corrected chi connectivity index (χ3v) is 16.9. The topological polar surface area (TPSA) is 202 Å². The number of nitriles is 3. The first-order valence-electron chi connectivity index (χ1n) is 29.4. The fourth-order valence-electron chi connectivity index (χ4n) is 10.8. The van der Waals surface area contributed by atoms with E-state index in [1.807, 2.05) is 56.5 Å². The zero-order valence-electron chi connectivity index (χ0n) is 49.1. The van der Waals surface area contributed by atoms with Gasteiger partial charge in [0.05, 0.1) is 61.5 Å². The highest BCUT2D eigenvalue weighted by Gasteiger charge is 2.29. The van der Waals surface area contributed by atoms with Crippen molar-refractivity contribution in [3.8, 4) is 35.5 Å². The van der Waals surface area contributed by atoms with Crippen LogP contribution in [0.25, 0.3) is 0 Å². The number of hydrogen-bond acceptors (Lipinski definition) is 13. The fourth-order valence-corrected chi connectivity index (χ4v) is 11.4. The van der Waals surface area contributed by atoms with Gasteiger partial charge in [-0.15, -0.1) is 5.10 Å². The lowest BCUT2D eigenvalue weighted by molar-refractivity contribution is 0.0892. The van der Waals surface area contributed by atoms with Gasteiger partial charge in [-0.2, -0.15) is 20.9 Å². The van der Waals surface area contributed by atoms with Crippen LogP contribution in [0.1, 0.15) is 221 Å². The SMILES string of the molecule is CC(C)c1ccc(C(=O)CC2CCC(Oc3ccc(C#N)c(Cl)c3)CC2)nc1.CC(C)c1ccc(C(=O)CC2CCC(Oc3ccc(C#N)c(Cl)c3)CC2)nn1.CC(C)c1ncc(C(=O)CC2CCC(Oc3ccc(C#N)c(Cl)c3)CC2)cc1F. The van der Waals surface area contributed by atoms with Crippen molar-refractivity contribution in [1.29, 1.82) is 15.8 Å². The molecule has 85 heavy (non-hydrogen) atoms. The Morgan fingerprint density at radius 3 is 1.24 bits per heavy atom. The van der Waals surface area contributed by atoms with Gasteiger partial charge in [0.2, 0.25) is 0 Å². The second-order valence-electron chi connectivity index (χ2n) is 23.3. The van der Waals surface area contributed by atoms with Crippen molar-refractivity contribution < 1.29 is 33.0 Å². The van der Waals surface area contributed by atoms with Gasteiger partial charge < -0.3 is 14.2 Å². The molecule has 0 unspecified atom stereocenters. The molecule has 13 nitrogen and oxygen atoms in total. The summed E-state index contributed by atoms with van der Waals surface area (Å²) in [5, 5.41) is 36.3. The third-order valence-electron chi connectivity index (χ3n) is 15.9. The van der Waals surface area contributed by atoms with Gasteiger partial charge in [-0.3, -0.25) is 24.4 Å². The molecule has 0 atom stereocenters. The molecule has 444 valence electrons. The Labute approximate surface area is 514 Å². The number of ether oxygens (including phenoxy) is 3. The normalized spacial score (nSPS) is 19.2. The average molecular weight is 1210 g/mol. The van der Waals surface area contributed by atoms with Gasteiger partial charge in [0, 0.05) is 55.4 Å². The maximum absolute atomic E-state index is 14.1. The van der Waals surface area contributed by atoms with Gasteiger partial charge in [-0.05, 0) is 179 Å². The average Bonchev–Trinajstić information content (AvgIpc) is 3.68. The van der Waals surface area contributed by atoms with Crippen LogP contribution in [0.4, 0.5) is 4.39 Å². The summed E-state index contributed by atoms with van der Waals surface area (Å²) < 4.78 is 32.1. The predicted molar refractivity (Wildman–Crippen MR) is 327 cm³/mol. The van der Waals surface area contributed by atoms with Crippen LogP contribution in [0.5, 0.6) is 17.2 Å². The van der Waals surface area contributed by atoms with E-state index < -0.39 is 5.82 Å². The van der Waals surface area contributed by atoms with Crippen LogP contribution in [0.3, 0.4) is 0 Å². The Hall–Kier alpha value is -7.28. The third kappa shape index (κ3) is 19.4. The van der Waals surface area contributed by atoms with E-state index >= 15 is 0 Å². The Morgan fingerprint density at radius 1 is 0.494 bits per heavy atom. The van der Waals surface area contributed by atoms with Gasteiger partial charge >= 0.3 is 0 Å². The molecule has 6 aromatic rings. The van der Waals surface area contributed by atoms with Gasteiger partial charge in [0.1, 0.15) is 52.7 Å². The summed E-state index contributed by atoms with van der Waals surface area (Å²) in [6.07, 6.45) is 15.9. The van der Waals surface area contributed by atoms with Crippen molar-refractivity contribution in [3.05, 3.63) is 169 Å². The number of aromatic nitrogens is 4. The monoisotopic (exact) mass is 1210 g/mol. The van der Waals surface area contributed by atoms with Crippen molar-refractivity contribution in [3.63, 3.8) is 0 Å². The number of nitrogens with zero attached hydrogens (tertiary/aromatic N) is 7. The highest BCUT2D eigenvalue weighted by Crippen LogP contribution is 2.35. The van der Waals surface area contributed by atoms with E-state index in [2.05, 4.69) is 47.9 Å². The van der Waals surface area contributed by atoms with E-state index in [0.29, 0.717) is 115 Å². The Bertz CT molecular complexity index is 3220. The lowest BCUT2D eigenvalue weighted by Crippen LogP contribution is -2.25. The Morgan fingerprint density at radius 2 is 0.906 bits per heavy atom. The minimum Gasteiger partial charge on any atom is -0.490 e. The van der Waals surface area contributed by atoms with Crippen molar-refractivity contribution >= 4 is 52.2 Å². The van der Waals surface area contributed by atoms with Crippen LogP contribution in [0.2, 0.25) is 15.1 Å². The molecule has 0 amide bonds. The number of ketones is 3. The molecule has 0 aliphatic heterocycles. The number of benzene rings is 3. The molecule has 3 aliphatic rings. The largest absolute Gasteiger partial charge is 0.490 e. The molecule has 3 fully saturated rings. The first kappa shape index (κ1) is 65.3. The number of Topliss-reactive ketones (excluding diaryl/α,β-unsaturated/α-hetero) is 3. The molecule has 0 bridgehead atoms. The quantitative estimate of drug-likeness (QED) is 0.0736. The second-order valence-corrected chi connectivity index (χ2v) is 24.5. The molecule has 3 aliphatic carbocycles. The number of carbonyl (C=O) groups is 3. The summed E-state index contributed by atoms with van der Waals surface area (Å²) in [5.41, 5.74) is 5.12. The van der Waals surface area contributed by atoms with E-state index in [4.69, 9.17) is 64.8 Å². The van der Waals surface area contributed by atoms with Crippen LogP contribution < -0.4 is 14.2 Å². The minimum atomic E-state index is -0.413. The van der Waals surface area contributed by atoms with Crippen molar-refractivity contribution in [2.24, 2.45) is 17.8 Å². The molecular formula is C68H73Cl3FN7O6. The molecule has 9 rings (SSSR count). The number of halogens is 4. The van der Waals surface area contributed by atoms with Gasteiger partial charge in [0.15, 0.2) is 17.3 Å². The molecule has 17 heteroatoms. The van der Waals surface area contributed by atoms with E-state index in [9.17, 15) is 18.8 Å². The van der Waals surface area contributed by atoms with Gasteiger partial charge in [-0.1, -0.05) is 82.4 Å². The summed E-state index contributed by atoms with van der Waals surface area (Å²) >= 11 is 18.2. The molecule has 3 saturated carbocycles. The maximum atomic E-state index is 14.1. The lowest BCUT2D eigenvalue weighted by atomic mass is 9.83. The maximum Gasteiger partial charge on any atom is 0.183 e. The molecule has 0 radical (unpaired) electrons. The summed E-state index contributed by atoms with van der Waals surface area (Å²) in [5.74, 6) is 3.44. The number of pyridine rings is 2. The second kappa shape index (κ2) is 31.7. The van der Waals surface area contributed by atoms with Crippen molar-refractivity contribution in [1.82, 2.24) is 20.2 Å². The highest BCUT2D eigenvalue weighted by molar-refractivity contribution is 6.32. The molecule has 0 saturated heterocycles. The number of rotatable bonds is 18. The zero-order chi connectivity index (χ0) is 61.2. The summed E-state index contributed by atoms with van der Waals surface area (Å²) in [6.45, 7) is 12.1. The summed E-state index contributed by atoms with van der Waals surface area (Å²) in [7, 11) is 0. The summed E-state index contributed by atoms with van der Waals surface area (Å²) in [6, 6.07) is 30.3. The molecule has 3 heterocycles. The zero-order valence-corrected chi connectivity index (χ0v) is 51.4. The van der Waals surface area contributed by atoms with E-state index in [1.165, 1.54) is 12.3 Å². The molecular weight excluding hydrogens is 1140 g/mol. The first-order valence-corrected chi connectivity index (χ1v) is 30.6. The molecule has 0 N–H and O–H groups in total. The fraction of sp³-hybridized carbons (Fsp3) is 0.441. The first-order chi connectivity index (χ1) is 40.8. The van der Waals surface area contributed by atoms with Crippen molar-refractivity contribution in [2.75, 3.05) is 0 Å². The van der Waals surface area contributed by atoms with Crippen LogP contribution in [0, 0.1) is 57.6 Å². The van der Waals surface area contributed by atoms with E-state index in [1.54, 1.807) is 60.7 Å². The lowest BCUT2D eigenvalue weighted by Gasteiger charge is -2.28. The summed E-state index contributed by atoms with van der Waals surface area (Å²) in [4.78, 5) is 46.0. The molecule has 3 aromatic carbocycles. The van der Waals surface area contributed by atoms with Crippen LogP contribution in [-0.4, -0.2) is 55.8 Å². The van der Waals surface area contributed by atoms with Gasteiger partial charge in [-0.25, -0.2) is 4.39 Å². The molecule has 3 aromatic heterocycles. The molecule has 0 spiro atoms. The number of carbonyl (C=O) groups excluding carboxylic acids is 3. The van der Waals surface area contributed by atoms with Crippen LogP contribution in [0.15, 0.2) is 97.3 Å². The smallest absolute Gasteiger partial charge is 0.183 e. The number of hydrogen-bond donors (Lipinski definition) is 0. The minimum absolute atomic E-state index is 0.0135. The van der Waals surface area contributed by atoms with E-state index in [-0.39, 0.29) is 47.5 Å².